The number of nitrogens with one attached hydrogen (secondary N) is 1. The van der Waals surface area contributed by atoms with Crippen molar-refractivity contribution >= 4 is 0 Å². The van der Waals surface area contributed by atoms with Crippen LogP contribution in [0.4, 0.5) is 0 Å². The first-order chi connectivity index (χ1) is 5.91. The van der Waals surface area contributed by atoms with Crippen LogP contribution >= 0.6 is 0 Å². The average molecular weight is 257 g/mol. The van der Waals surface area contributed by atoms with E-state index in [1.807, 2.05) is 13.8 Å². The van der Waals surface area contributed by atoms with Gasteiger partial charge in [0, 0.05) is 32.7 Å². The Hall–Kier alpha value is 1.06. The maximum Gasteiger partial charge on any atom is 0 e. The van der Waals surface area contributed by atoms with E-state index >= 15 is 0 Å². The second kappa shape index (κ2) is 7.37. The third-order valence-corrected chi connectivity index (χ3v) is 3.02. The molecule has 1 nitrogen and oxygen atoms in total. The molecule has 0 aromatic heterocycles. The van der Waals surface area contributed by atoms with E-state index in [9.17, 15) is 0 Å². The zero-order valence-corrected chi connectivity index (χ0v) is 11.9. The summed E-state index contributed by atoms with van der Waals surface area (Å²) in [5, 5.41) is 3.50. The Balaban J connectivity index is 0.000000451. The van der Waals surface area contributed by atoms with Crippen LogP contribution in [0.1, 0.15) is 46.0 Å². The molecule has 1 aliphatic carbocycles. The van der Waals surface area contributed by atoms with Gasteiger partial charge in [0.15, 0.2) is 0 Å². The van der Waals surface area contributed by atoms with Gasteiger partial charge in [0.2, 0.25) is 0 Å². The van der Waals surface area contributed by atoms with E-state index in [0.29, 0.717) is 5.41 Å². The van der Waals surface area contributed by atoms with Crippen molar-refractivity contribution in [3.8, 4) is 0 Å². The summed E-state index contributed by atoms with van der Waals surface area (Å²) in [6.07, 6.45) is 9.51. The summed E-state index contributed by atoms with van der Waals surface area (Å²) >= 11 is 0. The molecule has 0 aromatic carbocycles. The summed E-state index contributed by atoms with van der Waals surface area (Å²) in [6.45, 7) is 6.53. The Kier molecular flexibility index (Phi) is 7.97. The first-order valence-electron chi connectivity index (χ1n) is 5.44. The molecular formula is C11H22NY-. The van der Waals surface area contributed by atoms with Gasteiger partial charge in [0.25, 0.3) is 0 Å². The molecule has 1 saturated heterocycles. The topological polar surface area (TPSA) is 12.0 Å². The molecule has 1 saturated carbocycles. The van der Waals surface area contributed by atoms with Crippen LogP contribution in [0.5, 0.6) is 0 Å². The summed E-state index contributed by atoms with van der Waals surface area (Å²) in [6, 6.07) is 0. The van der Waals surface area contributed by atoms with Crippen molar-refractivity contribution in [3.05, 3.63) is 6.42 Å². The van der Waals surface area contributed by atoms with Crippen LogP contribution in [0.25, 0.3) is 0 Å². The molecule has 2 heteroatoms. The molecule has 1 radical (unpaired) electrons. The normalized spacial score (nSPS) is 31.8. The summed E-state index contributed by atoms with van der Waals surface area (Å²) in [5.74, 6) is 0. The Bertz CT molecular complexity index is 111. The standard InChI is InChI=1S/C9H16N.C2H6.Y/c1-2-5-9(4-1)6-3-7-10-8-9;1-2;/h1,10H,2-8H2;1-2H3;/q-1;;. The third-order valence-electron chi connectivity index (χ3n) is 3.02. The summed E-state index contributed by atoms with van der Waals surface area (Å²) < 4.78 is 0. The van der Waals surface area contributed by atoms with Crippen LogP contribution in [0.3, 0.4) is 0 Å². The van der Waals surface area contributed by atoms with Gasteiger partial charge in [-0.1, -0.05) is 20.3 Å². The Labute approximate surface area is 108 Å². The fourth-order valence-electron chi connectivity index (χ4n) is 2.34. The number of hydrogen-bond acceptors (Lipinski definition) is 1. The Morgan fingerprint density at radius 3 is 2.46 bits per heavy atom. The number of rotatable bonds is 0. The van der Waals surface area contributed by atoms with E-state index in [2.05, 4.69) is 11.7 Å². The minimum Gasteiger partial charge on any atom is -0.328 e. The molecule has 13 heavy (non-hydrogen) atoms. The van der Waals surface area contributed by atoms with Crippen LogP contribution in [0.2, 0.25) is 0 Å². The molecule has 2 aliphatic rings. The van der Waals surface area contributed by atoms with E-state index in [-0.39, 0.29) is 32.7 Å². The number of hydrogen-bond donors (Lipinski definition) is 1. The molecule has 0 aromatic rings. The van der Waals surface area contributed by atoms with Crippen LogP contribution in [0, 0.1) is 11.8 Å². The average Bonchev–Trinajstić information content (AvgIpc) is 2.58. The van der Waals surface area contributed by atoms with Gasteiger partial charge < -0.3 is 11.7 Å². The Morgan fingerprint density at radius 2 is 2.00 bits per heavy atom. The second-order valence-corrected chi connectivity index (χ2v) is 3.81. The van der Waals surface area contributed by atoms with Gasteiger partial charge in [-0.25, -0.2) is 0 Å². The first-order valence-corrected chi connectivity index (χ1v) is 5.44. The molecule has 1 heterocycles. The van der Waals surface area contributed by atoms with Crippen LogP contribution < -0.4 is 5.32 Å². The molecule has 1 N–H and O–H groups in total. The SMILES string of the molecule is CC.[CH-]1CCC2(C1)CCCNC2.[Y]. The van der Waals surface area contributed by atoms with Crippen molar-refractivity contribution < 1.29 is 32.7 Å². The van der Waals surface area contributed by atoms with Gasteiger partial charge in [-0.3, -0.25) is 0 Å². The molecule has 1 aliphatic heterocycles. The zero-order valence-electron chi connectivity index (χ0n) is 9.10. The zero-order chi connectivity index (χ0) is 8.86. The van der Waals surface area contributed by atoms with Crippen LogP contribution in [-0.2, 0) is 32.7 Å². The third kappa shape index (κ3) is 3.97. The monoisotopic (exact) mass is 257 g/mol. The Morgan fingerprint density at radius 1 is 1.23 bits per heavy atom. The quantitative estimate of drug-likeness (QED) is 0.658. The number of piperidine rings is 1. The molecular weight excluding hydrogens is 235 g/mol. The van der Waals surface area contributed by atoms with Crippen molar-refractivity contribution in [2.75, 3.05) is 13.1 Å². The van der Waals surface area contributed by atoms with Crippen molar-refractivity contribution in [1.82, 2.24) is 5.32 Å². The molecule has 0 bridgehead atoms. The fraction of sp³-hybridized carbons (Fsp3) is 0.909. The fourth-order valence-corrected chi connectivity index (χ4v) is 2.34. The molecule has 2 rings (SSSR count). The molecule has 1 atom stereocenters. The largest absolute Gasteiger partial charge is 0.328 e. The second-order valence-electron chi connectivity index (χ2n) is 3.81. The van der Waals surface area contributed by atoms with Crippen molar-refractivity contribution in [2.24, 2.45) is 5.41 Å². The maximum absolute atomic E-state index is 3.50. The maximum atomic E-state index is 3.50. The molecule has 0 amide bonds. The minimum atomic E-state index is 0. The summed E-state index contributed by atoms with van der Waals surface area (Å²) in [4.78, 5) is 0. The smallest absolute Gasteiger partial charge is 0 e. The van der Waals surface area contributed by atoms with Gasteiger partial charge in [-0.15, -0.1) is 0 Å². The van der Waals surface area contributed by atoms with Gasteiger partial charge in [-0.05, 0) is 31.3 Å². The van der Waals surface area contributed by atoms with Crippen LogP contribution in [0.15, 0.2) is 0 Å². The van der Waals surface area contributed by atoms with E-state index in [0.717, 1.165) is 0 Å². The van der Waals surface area contributed by atoms with Crippen molar-refractivity contribution in [2.45, 2.75) is 46.0 Å². The molecule has 2 fully saturated rings. The van der Waals surface area contributed by atoms with Crippen molar-refractivity contribution in [3.63, 3.8) is 0 Å². The van der Waals surface area contributed by atoms with Gasteiger partial charge in [0.05, 0.1) is 0 Å². The van der Waals surface area contributed by atoms with E-state index < -0.39 is 0 Å². The van der Waals surface area contributed by atoms with Gasteiger partial charge in [0.1, 0.15) is 0 Å². The molecule has 1 spiro atoms. The predicted octanol–water partition coefficient (Wildman–Crippen LogP) is 2.77. The predicted molar refractivity (Wildman–Crippen MR) is 54.0 cm³/mol. The van der Waals surface area contributed by atoms with Gasteiger partial charge >= 0.3 is 0 Å². The first kappa shape index (κ1) is 14.1. The van der Waals surface area contributed by atoms with Crippen molar-refractivity contribution in [1.29, 1.82) is 0 Å². The van der Waals surface area contributed by atoms with E-state index in [1.54, 1.807) is 0 Å². The summed E-state index contributed by atoms with van der Waals surface area (Å²) in [5.41, 5.74) is 0.707. The van der Waals surface area contributed by atoms with E-state index in [4.69, 9.17) is 0 Å². The minimum absolute atomic E-state index is 0. The van der Waals surface area contributed by atoms with E-state index in [1.165, 1.54) is 45.2 Å². The molecule has 75 valence electrons. The van der Waals surface area contributed by atoms with Crippen LogP contribution in [-0.4, -0.2) is 13.1 Å². The molecule has 1 unspecified atom stereocenters. The van der Waals surface area contributed by atoms with Gasteiger partial charge in [-0.2, -0.15) is 12.8 Å². The summed E-state index contributed by atoms with van der Waals surface area (Å²) in [7, 11) is 0.